The Bertz CT molecular complexity index is 375. The van der Waals surface area contributed by atoms with E-state index in [0.717, 1.165) is 0 Å². The zero-order valence-electron chi connectivity index (χ0n) is 5.64. The van der Waals surface area contributed by atoms with Gasteiger partial charge in [-0.3, -0.25) is 4.79 Å². The summed E-state index contributed by atoms with van der Waals surface area (Å²) in [5, 5.41) is 18.5. The van der Waals surface area contributed by atoms with Crippen molar-refractivity contribution >= 4 is 12.1 Å². The number of aromatic amines is 1. The SMILES string of the molecule is N#Cc1nc(C=O)[nH]c1[N+](=O)[O-]. The van der Waals surface area contributed by atoms with Crippen LogP contribution in [0.5, 0.6) is 0 Å². The second-order valence-corrected chi connectivity index (χ2v) is 1.81. The molecule has 1 N–H and O–H groups in total. The van der Waals surface area contributed by atoms with Crippen LogP contribution in [-0.2, 0) is 0 Å². The lowest BCUT2D eigenvalue weighted by Crippen LogP contribution is -1.90. The molecular weight excluding hydrogens is 164 g/mol. The normalized spacial score (nSPS) is 8.92. The molecule has 60 valence electrons. The molecule has 12 heavy (non-hydrogen) atoms. The number of nitro groups is 1. The number of H-pyrrole nitrogens is 1. The second-order valence-electron chi connectivity index (χ2n) is 1.81. The van der Waals surface area contributed by atoms with E-state index in [-0.39, 0.29) is 11.5 Å². The molecule has 0 fully saturated rings. The quantitative estimate of drug-likeness (QED) is 0.377. The molecule has 0 aromatic carbocycles. The Morgan fingerprint density at radius 1 is 1.75 bits per heavy atom. The number of rotatable bonds is 2. The van der Waals surface area contributed by atoms with Crippen molar-refractivity contribution in [1.82, 2.24) is 9.97 Å². The molecule has 0 atom stereocenters. The molecular formula is C5H2N4O3. The van der Waals surface area contributed by atoms with Crippen LogP contribution in [0.25, 0.3) is 0 Å². The van der Waals surface area contributed by atoms with E-state index in [1.807, 2.05) is 0 Å². The van der Waals surface area contributed by atoms with Gasteiger partial charge in [0, 0.05) is 0 Å². The number of nitrogens with zero attached hydrogens (tertiary/aromatic N) is 3. The Morgan fingerprint density at radius 3 is 2.75 bits per heavy atom. The van der Waals surface area contributed by atoms with Gasteiger partial charge in [0.05, 0.1) is 0 Å². The van der Waals surface area contributed by atoms with Crippen LogP contribution in [0.3, 0.4) is 0 Å². The number of hydrogen-bond donors (Lipinski definition) is 1. The zero-order chi connectivity index (χ0) is 9.14. The van der Waals surface area contributed by atoms with Crippen LogP contribution in [0.15, 0.2) is 0 Å². The molecule has 0 amide bonds. The minimum atomic E-state index is -0.807. The molecule has 0 spiro atoms. The Balaban J connectivity index is 3.28. The minimum absolute atomic E-state index is 0.224. The van der Waals surface area contributed by atoms with Gasteiger partial charge in [0.1, 0.15) is 6.07 Å². The molecule has 0 aliphatic rings. The molecule has 0 saturated heterocycles. The van der Waals surface area contributed by atoms with Gasteiger partial charge in [0.2, 0.25) is 12.0 Å². The van der Waals surface area contributed by atoms with E-state index in [1.165, 1.54) is 6.07 Å². The Labute approximate surface area is 65.8 Å². The molecule has 0 unspecified atom stereocenters. The van der Waals surface area contributed by atoms with Crippen molar-refractivity contribution in [1.29, 1.82) is 5.26 Å². The van der Waals surface area contributed by atoms with Crippen LogP contribution in [0, 0.1) is 21.4 Å². The number of hydrogen-bond acceptors (Lipinski definition) is 5. The summed E-state index contributed by atoms with van der Waals surface area (Å²) in [6.45, 7) is 0. The first-order valence-corrected chi connectivity index (χ1v) is 2.78. The van der Waals surface area contributed by atoms with Gasteiger partial charge in [-0.1, -0.05) is 0 Å². The summed E-state index contributed by atoms with van der Waals surface area (Å²) in [5.41, 5.74) is -0.387. The molecule has 1 heterocycles. The number of carbonyl (C=O) groups is 1. The highest BCUT2D eigenvalue weighted by Gasteiger charge is 2.18. The van der Waals surface area contributed by atoms with Crippen molar-refractivity contribution in [3.05, 3.63) is 21.6 Å². The van der Waals surface area contributed by atoms with Gasteiger partial charge in [-0.15, -0.1) is 0 Å². The average Bonchev–Trinajstić information content (AvgIpc) is 2.47. The topological polar surface area (TPSA) is 113 Å². The maximum Gasteiger partial charge on any atom is 0.359 e. The van der Waals surface area contributed by atoms with Crippen molar-refractivity contribution in [2.45, 2.75) is 0 Å². The van der Waals surface area contributed by atoms with Crippen LogP contribution in [0.4, 0.5) is 5.82 Å². The maximum absolute atomic E-state index is 10.2. The molecule has 7 heteroatoms. The predicted octanol–water partition coefficient (Wildman–Crippen LogP) is 0.00208. The number of nitriles is 1. The first kappa shape index (κ1) is 7.87. The molecule has 1 aromatic heterocycles. The van der Waals surface area contributed by atoms with Crippen LogP contribution in [0.1, 0.15) is 16.3 Å². The van der Waals surface area contributed by atoms with Gasteiger partial charge in [0.15, 0.2) is 0 Å². The van der Waals surface area contributed by atoms with Crippen molar-refractivity contribution in [2.24, 2.45) is 0 Å². The highest BCUT2D eigenvalue weighted by atomic mass is 16.6. The summed E-state index contributed by atoms with van der Waals surface area (Å²) in [7, 11) is 0. The lowest BCUT2D eigenvalue weighted by Gasteiger charge is -1.86. The zero-order valence-corrected chi connectivity index (χ0v) is 5.64. The van der Waals surface area contributed by atoms with Gasteiger partial charge in [-0.05, 0) is 4.92 Å². The molecule has 0 aliphatic carbocycles. The molecule has 0 saturated carbocycles. The fourth-order valence-corrected chi connectivity index (χ4v) is 0.648. The van der Waals surface area contributed by atoms with E-state index in [9.17, 15) is 14.9 Å². The smallest absolute Gasteiger partial charge is 0.358 e. The molecule has 1 rings (SSSR count). The van der Waals surface area contributed by atoms with Crippen molar-refractivity contribution in [3.8, 4) is 6.07 Å². The van der Waals surface area contributed by atoms with Gasteiger partial charge in [-0.25, -0.2) is 4.98 Å². The van der Waals surface area contributed by atoms with E-state index < -0.39 is 10.7 Å². The Kier molecular flexibility index (Phi) is 1.83. The van der Waals surface area contributed by atoms with Crippen LogP contribution < -0.4 is 0 Å². The van der Waals surface area contributed by atoms with Gasteiger partial charge >= 0.3 is 5.82 Å². The lowest BCUT2D eigenvalue weighted by atomic mass is 10.5. The summed E-state index contributed by atoms with van der Waals surface area (Å²) in [6, 6.07) is 1.49. The average molecular weight is 166 g/mol. The maximum atomic E-state index is 10.2. The predicted molar refractivity (Wildman–Crippen MR) is 35.3 cm³/mol. The summed E-state index contributed by atoms with van der Waals surface area (Å²) >= 11 is 0. The summed E-state index contributed by atoms with van der Waals surface area (Å²) in [4.78, 5) is 24.9. The van der Waals surface area contributed by atoms with E-state index in [2.05, 4.69) is 9.97 Å². The fraction of sp³-hybridized carbons (Fsp3) is 0. The molecule has 0 radical (unpaired) electrons. The van der Waals surface area contributed by atoms with E-state index >= 15 is 0 Å². The van der Waals surface area contributed by atoms with Crippen molar-refractivity contribution in [2.75, 3.05) is 0 Å². The highest BCUT2D eigenvalue weighted by molar-refractivity contribution is 5.70. The number of carbonyl (C=O) groups excluding carboxylic acids is 1. The first-order valence-electron chi connectivity index (χ1n) is 2.78. The van der Waals surface area contributed by atoms with E-state index in [0.29, 0.717) is 6.29 Å². The van der Waals surface area contributed by atoms with Crippen LogP contribution in [0.2, 0.25) is 0 Å². The van der Waals surface area contributed by atoms with Crippen LogP contribution in [-0.4, -0.2) is 21.2 Å². The monoisotopic (exact) mass is 166 g/mol. The highest BCUT2D eigenvalue weighted by Crippen LogP contribution is 2.12. The number of nitrogens with one attached hydrogen (secondary N) is 1. The molecule has 0 bridgehead atoms. The second kappa shape index (κ2) is 2.79. The molecule has 7 nitrogen and oxygen atoms in total. The first-order chi connectivity index (χ1) is 5.69. The van der Waals surface area contributed by atoms with Gasteiger partial charge < -0.3 is 10.1 Å². The molecule has 1 aromatic rings. The largest absolute Gasteiger partial charge is 0.359 e. The van der Waals surface area contributed by atoms with E-state index in [4.69, 9.17) is 5.26 Å². The number of aldehydes is 1. The van der Waals surface area contributed by atoms with E-state index in [1.54, 1.807) is 0 Å². The molecule has 0 aliphatic heterocycles. The minimum Gasteiger partial charge on any atom is -0.358 e. The van der Waals surface area contributed by atoms with Gasteiger partial charge in [0.25, 0.3) is 5.82 Å². The summed E-state index contributed by atoms with van der Waals surface area (Å²) in [6.07, 6.45) is 0.299. The number of aromatic nitrogens is 2. The van der Waals surface area contributed by atoms with Crippen LogP contribution >= 0.6 is 0 Å². The fourth-order valence-electron chi connectivity index (χ4n) is 0.648. The third-order valence-corrected chi connectivity index (χ3v) is 1.10. The Hall–Kier alpha value is -2.23. The third kappa shape index (κ3) is 1.13. The van der Waals surface area contributed by atoms with Gasteiger partial charge in [-0.2, -0.15) is 10.2 Å². The van der Waals surface area contributed by atoms with Crippen molar-refractivity contribution in [3.63, 3.8) is 0 Å². The Morgan fingerprint density at radius 2 is 2.42 bits per heavy atom. The number of imidazole rings is 1. The lowest BCUT2D eigenvalue weighted by molar-refractivity contribution is -0.389. The summed E-state index contributed by atoms with van der Waals surface area (Å²) in [5.74, 6) is -0.780. The standard InChI is InChI=1S/C5H2N4O3/c6-1-3-5(9(11)12)8-4(2-10)7-3/h2H,(H,7,8). The summed E-state index contributed by atoms with van der Waals surface area (Å²) < 4.78 is 0. The third-order valence-electron chi connectivity index (χ3n) is 1.10. The van der Waals surface area contributed by atoms with Crippen molar-refractivity contribution < 1.29 is 9.72 Å².